The Balaban J connectivity index is 1.09. The van der Waals surface area contributed by atoms with Gasteiger partial charge < -0.3 is 28.4 Å². The van der Waals surface area contributed by atoms with Crippen LogP contribution in [0.5, 0.6) is 0 Å². The minimum Gasteiger partial charge on any atom is -0.458 e. The van der Waals surface area contributed by atoms with Gasteiger partial charge in [-0.3, -0.25) is 0 Å². The van der Waals surface area contributed by atoms with E-state index in [2.05, 4.69) is 0 Å². The monoisotopic (exact) mass is 654 g/mol. The first-order valence-electron chi connectivity index (χ1n) is 14.6. The highest BCUT2D eigenvalue weighted by atomic mass is 16.6. The topological polar surface area (TPSA) is 158 Å². The summed E-state index contributed by atoms with van der Waals surface area (Å²) in [6, 6.07) is 27.8. The number of hydrogen-bond acceptors (Lipinski definition) is 12. The lowest BCUT2D eigenvalue weighted by Crippen LogP contribution is -2.15. The normalized spacial score (nSPS) is 10.2. The Kier molecular flexibility index (Phi) is 13.0. The van der Waals surface area contributed by atoms with E-state index in [9.17, 15) is 28.8 Å². The van der Waals surface area contributed by atoms with Crippen LogP contribution in [-0.2, 0) is 28.4 Å². The van der Waals surface area contributed by atoms with Crippen molar-refractivity contribution in [3.8, 4) is 0 Å². The molecule has 0 heterocycles. The van der Waals surface area contributed by atoms with Gasteiger partial charge in [-0.15, -0.1) is 0 Å². The van der Waals surface area contributed by atoms with Crippen molar-refractivity contribution in [2.75, 3.05) is 39.6 Å². The molecule has 0 aliphatic carbocycles. The second kappa shape index (κ2) is 18.0. The van der Waals surface area contributed by atoms with Gasteiger partial charge in [0.05, 0.1) is 33.4 Å². The lowest BCUT2D eigenvalue weighted by Gasteiger charge is -2.09. The van der Waals surface area contributed by atoms with Crippen molar-refractivity contribution in [3.63, 3.8) is 0 Å². The van der Waals surface area contributed by atoms with Gasteiger partial charge >= 0.3 is 35.8 Å². The van der Waals surface area contributed by atoms with Crippen molar-refractivity contribution < 1.29 is 57.2 Å². The van der Waals surface area contributed by atoms with Crippen molar-refractivity contribution in [2.24, 2.45) is 0 Å². The molecule has 4 aromatic carbocycles. The summed E-state index contributed by atoms with van der Waals surface area (Å²) in [5.41, 5.74) is 1.44. The molecule has 4 aromatic rings. The van der Waals surface area contributed by atoms with E-state index in [0.29, 0.717) is 11.1 Å². The van der Waals surface area contributed by atoms with E-state index in [0.717, 1.165) is 0 Å². The van der Waals surface area contributed by atoms with Crippen LogP contribution in [0.2, 0.25) is 0 Å². The second-order valence-electron chi connectivity index (χ2n) is 9.70. The number of rotatable bonds is 15. The van der Waals surface area contributed by atoms with Crippen LogP contribution in [-0.4, -0.2) is 75.5 Å². The van der Waals surface area contributed by atoms with Gasteiger partial charge in [-0.25, -0.2) is 28.8 Å². The molecule has 0 N–H and O–H groups in total. The van der Waals surface area contributed by atoms with Crippen LogP contribution < -0.4 is 0 Å². The van der Waals surface area contributed by atoms with Crippen molar-refractivity contribution in [3.05, 3.63) is 143 Å². The van der Waals surface area contributed by atoms with Gasteiger partial charge in [0.25, 0.3) is 0 Å². The number of ether oxygens (including phenoxy) is 6. The lowest BCUT2D eigenvalue weighted by molar-refractivity contribution is 0.0262. The molecule has 0 aliphatic rings. The highest BCUT2D eigenvalue weighted by Gasteiger charge is 2.14. The molecule has 0 atom stereocenters. The Morgan fingerprint density at radius 2 is 0.438 bits per heavy atom. The molecular formula is C36H30O12. The van der Waals surface area contributed by atoms with E-state index in [1.807, 2.05) is 0 Å². The zero-order valence-corrected chi connectivity index (χ0v) is 25.5. The molecule has 0 aliphatic heterocycles. The molecule has 0 aromatic heterocycles. The Labute approximate surface area is 275 Å². The molecule has 0 saturated carbocycles. The van der Waals surface area contributed by atoms with E-state index >= 15 is 0 Å². The predicted molar refractivity (Wildman–Crippen MR) is 167 cm³/mol. The van der Waals surface area contributed by atoms with E-state index in [1.54, 1.807) is 60.7 Å². The summed E-state index contributed by atoms with van der Waals surface area (Å²) in [5, 5.41) is 0. The summed E-state index contributed by atoms with van der Waals surface area (Å²) in [7, 11) is 0. The molecule has 246 valence electrons. The van der Waals surface area contributed by atoms with Gasteiger partial charge in [0.15, 0.2) is 0 Å². The first kappa shape index (κ1) is 34.6. The maximum atomic E-state index is 12.3. The maximum Gasteiger partial charge on any atom is 0.338 e. The molecule has 0 amide bonds. The summed E-state index contributed by atoms with van der Waals surface area (Å²) < 4.78 is 30.5. The zero-order chi connectivity index (χ0) is 34.1. The molecule has 12 heteroatoms. The number of hydrogen-bond donors (Lipinski definition) is 0. The highest BCUT2D eigenvalue weighted by molar-refractivity contribution is 5.94. The molecule has 12 nitrogen and oxygen atoms in total. The third-order valence-corrected chi connectivity index (χ3v) is 6.38. The fraction of sp³-hybridized carbons (Fsp3) is 0.167. The molecule has 0 spiro atoms. The van der Waals surface area contributed by atoms with Crippen LogP contribution in [0.25, 0.3) is 0 Å². The SMILES string of the molecule is O=C(OCCOC(=O)c1ccc(C(=O)OCCOC(=O)c2ccc(C(=O)OCCOC(=O)c3ccccc3)cc2)cc1)c1ccccc1. The first-order chi connectivity index (χ1) is 23.3. The van der Waals surface area contributed by atoms with Crippen LogP contribution in [0.4, 0.5) is 0 Å². The third-order valence-electron chi connectivity index (χ3n) is 6.38. The van der Waals surface area contributed by atoms with Crippen LogP contribution in [0.1, 0.15) is 62.1 Å². The number of benzene rings is 4. The smallest absolute Gasteiger partial charge is 0.338 e. The molecule has 0 saturated heterocycles. The molecule has 0 bridgehead atoms. The fourth-order valence-corrected chi connectivity index (χ4v) is 3.94. The summed E-state index contributed by atoms with van der Waals surface area (Å²) in [4.78, 5) is 72.9. The summed E-state index contributed by atoms with van der Waals surface area (Å²) in [6.45, 7) is -0.985. The fourth-order valence-electron chi connectivity index (χ4n) is 3.94. The minimum absolute atomic E-state index is 0.119. The molecule has 0 unspecified atom stereocenters. The van der Waals surface area contributed by atoms with Crippen LogP contribution in [0.15, 0.2) is 109 Å². The van der Waals surface area contributed by atoms with Gasteiger partial charge in [0.1, 0.15) is 39.6 Å². The minimum atomic E-state index is -0.698. The van der Waals surface area contributed by atoms with Gasteiger partial charge in [0.2, 0.25) is 0 Å². The molecule has 4 rings (SSSR count). The molecular weight excluding hydrogens is 624 g/mol. The van der Waals surface area contributed by atoms with E-state index in [-0.39, 0.29) is 61.9 Å². The van der Waals surface area contributed by atoms with Crippen LogP contribution in [0.3, 0.4) is 0 Å². The maximum absolute atomic E-state index is 12.3. The Bertz CT molecular complexity index is 1570. The third kappa shape index (κ3) is 10.7. The van der Waals surface area contributed by atoms with Crippen LogP contribution >= 0.6 is 0 Å². The van der Waals surface area contributed by atoms with Gasteiger partial charge in [-0.1, -0.05) is 36.4 Å². The first-order valence-corrected chi connectivity index (χ1v) is 14.6. The standard InChI is InChI=1S/C36H30O12/c37-31(25-7-3-1-4-8-25)43-19-21-45-33(39)27-11-15-29(16-12-27)35(41)47-23-24-48-36(42)30-17-13-28(14-18-30)34(40)46-22-20-44-32(38)26-9-5-2-6-10-26/h1-18H,19-24H2. The van der Waals surface area contributed by atoms with Crippen molar-refractivity contribution in [1.29, 1.82) is 0 Å². The summed E-state index contributed by atoms with van der Waals surface area (Å²) >= 11 is 0. The largest absolute Gasteiger partial charge is 0.458 e. The van der Waals surface area contributed by atoms with E-state index in [4.69, 9.17) is 28.4 Å². The van der Waals surface area contributed by atoms with Gasteiger partial charge in [0, 0.05) is 0 Å². The van der Waals surface area contributed by atoms with Crippen LogP contribution in [0, 0.1) is 0 Å². The number of carbonyl (C=O) groups is 6. The molecule has 0 radical (unpaired) electrons. The van der Waals surface area contributed by atoms with E-state index < -0.39 is 35.8 Å². The Morgan fingerprint density at radius 3 is 0.625 bits per heavy atom. The predicted octanol–water partition coefficient (Wildman–Crippen LogP) is 4.73. The summed E-state index contributed by atoms with van der Waals surface area (Å²) in [6.07, 6.45) is 0. The van der Waals surface area contributed by atoms with Crippen molar-refractivity contribution >= 4 is 35.8 Å². The van der Waals surface area contributed by atoms with Crippen molar-refractivity contribution in [2.45, 2.75) is 0 Å². The summed E-state index contributed by atoms with van der Waals surface area (Å²) in [5.74, 6) is -3.78. The number of carbonyl (C=O) groups excluding carboxylic acids is 6. The van der Waals surface area contributed by atoms with Crippen molar-refractivity contribution in [1.82, 2.24) is 0 Å². The van der Waals surface area contributed by atoms with Gasteiger partial charge in [-0.2, -0.15) is 0 Å². The number of esters is 6. The Morgan fingerprint density at radius 1 is 0.271 bits per heavy atom. The quantitative estimate of drug-likeness (QED) is 0.0988. The average molecular weight is 655 g/mol. The Hall–Kier alpha value is -6.30. The highest BCUT2D eigenvalue weighted by Crippen LogP contribution is 2.10. The zero-order valence-electron chi connectivity index (χ0n) is 25.5. The lowest BCUT2D eigenvalue weighted by atomic mass is 10.1. The average Bonchev–Trinajstić information content (AvgIpc) is 3.14. The second-order valence-corrected chi connectivity index (χ2v) is 9.70. The molecule has 48 heavy (non-hydrogen) atoms. The van der Waals surface area contributed by atoms with E-state index in [1.165, 1.54) is 48.5 Å². The molecule has 0 fully saturated rings. The van der Waals surface area contributed by atoms with Gasteiger partial charge in [-0.05, 0) is 72.8 Å².